The number of hydrogen-bond donors (Lipinski definition) is 0. The Labute approximate surface area is 72.6 Å². The smallest absolute Gasteiger partial charge is 0.229 e. The van der Waals surface area contributed by atoms with Gasteiger partial charge in [-0.25, -0.2) is 4.98 Å². The third-order valence-electron chi connectivity index (χ3n) is 1.42. The molecule has 0 saturated heterocycles. The standard InChI is InChI=1S/C10H11NO/c1-4-9-6-8(3)7-11-10(9)12-5-2/h1,6-7H,5H2,2-3H3. The van der Waals surface area contributed by atoms with Crippen LogP contribution in [0.2, 0.25) is 0 Å². The molecule has 0 fully saturated rings. The highest BCUT2D eigenvalue weighted by Gasteiger charge is 2.01. The summed E-state index contributed by atoms with van der Waals surface area (Å²) in [6.07, 6.45) is 7.02. The van der Waals surface area contributed by atoms with E-state index in [1.165, 1.54) is 0 Å². The minimum atomic E-state index is 0.547. The molecular formula is C10H11NO. The minimum Gasteiger partial charge on any atom is -0.477 e. The zero-order valence-electron chi connectivity index (χ0n) is 7.29. The lowest BCUT2D eigenvalue weighted by Crippen LogP contribution is -1.97. The molecule has 2 nitrogen and oxygen atoms in total. The van der Waals surface area contributed by atoms with Crippen LogP contribution in [0, 0.1) is 19.3 Å². The number of aryl methyl sites for hydroxylation is 1. The van der Waals surface area contributed by atoms with Crippen LogP contribution in [0.25, 0.3) is 0 Å². The maximum absolute atomic E-state index is 5.28. The quantitative estimate of drug-likeness (QED) is 0.617. The van der Waals surface area contributed by atoms with Gasteiger partial charge >= 0.3 is 0 Å². The van der Waals surface area contributed by atoms with E-state index in [1.54, 1.807) is 6.20 Å². The van der Waals surface area contributed by atoms with Crippen molar-refractivity contribution in [1.29, 1.82) is 0 Å². The maximum atomic E-state index is 5.28. The number of ether oxygens (including phenoxy) is 1. The monoisotopic (exact) mass is 161 g/mol. The van der Waals surface area contributed by atoms with Crippen molar-refractivity contribution >= 4 is 0 Å². The summed E-state index contributed by atoms with van der Waals surface area (Å²) < 4.78 is 5.23. The van der Waals surface area contributed by atoms with Gasteiger partial charge in [0.05, 0.1) is 12.2 Å². The van der Waals surface area contributed by atoms with E-state index in [2.05, 4.69) is 10.9 Å². The van der Waals surface area contributed by atoms with E-state index in [0.29, 0.717) is 12.5 Å². The lowest BCUT2D eigenvalue weighted by molar-refractivity contribution is 0.326. The predicted octanol–water partition coefficient (Wildman–Crippen LogP) is 1.77. The first-order valence-corrected chi connectivity index (χ1v) is 3.84. The van der Waals surface area contributed by atoms with E-state index >= 15 is 0 Å². The molecule has 0 atom stereocenters. The van der Waals surface area contributed by atoms with Gasteiger partial charge in [0, 0.05) is 6.20 Å². The molecular weight excluding hydrogens is 150 g/mol. The van der Waals surface area contributed by atoms with Crippen LogP contribution in [-0.4, -0.2) is 11.6 Å². The van der Waals surface area contributed by atoms with Crippen LogP contribution in [0.3, 0.4) is 0 Å². The highest BCUT2D eigenvalue weighted by atomic mass is 16.5. The first-order chi connectivity index (χ1) is 5.77. The molecule has 0 bridgehead atoms. The second kappa shape index (κ2) is 3.77. The number of hydrogen-bond acceptors (Lipinski definition) is 2. The van der Waals surface area contributed by atoms with Gasteiger partial charge in [-0.1, -0.05) is 5.92 Å². The van der Waals surface area contributed by atoms with Crippen molar-refractivity contribution in [3.63, 3.8) is 0 Å². The Bertz CT molecular complexity index is 312. The van der Waals surface area contributed by atoms with Crippen LogP contribution < -0.4 is 4.74 Å². The Hall–Kier alpha value is -1.49. The van der Waals surface area contributed by atoms with Crippen LogP contribution in [-0.2, 0) is 0 Å². The summed E-state index contributed by atoms with van der Waals surface area (Å²) in [7, 11) is 0. The van der Waals surface area contributed by atoms with Crippen LogP contribution in [0.1, 0.15) is 18.1 Å². The molecule has 1 aromatic heterocycles. The minimum absolute atomic E-state index is 0.547. The predicted molar refractivity (Wildman–Crippen MR) is 48.1 cm³/mol. The number of rotatable bonds is 2. The third-order valence-corrected chi connectivity index (χ3v) is 1.42. The Balaban J connectivity index is 3.05. The largest absolute Gasteiger partial charge is 0.477 e. The fraction of sp³-hybridized carbons (Fsp3) is 0.300. The molecule has 0 unspecified atom stereocenters. The topological polar surface area (TPSA) is 22.1 Å². The number of pyridine rings is 1. The molecule has 0 aromatic carbocycles. The maximum Gasteiger partial charge on any atom is 0.229 e. The molecule has 1 heterocycles. The van der Waals surface area contributed by atoms with E-state index in [9.17, 15) is 0 Å². The Morgan fingerprint density at radius 2 is 2.42 bits per heavy atom. The van der Waals surface area contributed by atoms with Gasteiger partial charge in [0.25, 0.3) is 0 Å². The van der Waals surface area contributed by atoms with Gasteiger partial charge < -0.3 is 4.74 Å². The van der Waals surface area contributed by atoms with E-state index in [0.717, 1.165) is 11.1 Å². The van der Waals surface area contributed by atoms with E-state index in [1.807, 2.05) is 19.9 Å². The SMILES string of the molecule is C#Cc1cc(C)cnc1OCC. The fourth-order valence-corrected chi connectivity index (χ4v) is 0.912. The Morgan fingerprint density at radius 1 is 1.67 bits per heavy atom. The molecule has 0 aliphatic rings. The number of terminal acetylenes is 1. The van der Waals surface area contributed by atoms with Crippen LogP contribution in [0.5, 0.6) is 5.88 Å². The van der Waals surface area contributed by atoms with Crippen molar-refractivity contribution in [2.45, 2.75) is 13.8 Å². The van der Waals surface area contributed by atoms with E-state index in [4.69, 9.17) is 11.2 Å². The molecule has 0 radical (unpaired) electrons. The first kappa shape index (κ1) is 8.61. The lowest BCUT2D eigenvalue weighted by Gasteiger charge is -2.04. The molecule has 0 N–H and O–H groups in total. The Morgan fingerprint density at radius 3 is 3.00 bits per heavy atom. The van der Waals surface area contributed by atoms with Gasteiger partial charge in [-0.2, -0.15) is 0 Å². The summed E-state index contributed by atoms with van der Waals surface area (Å²) >= 11 is 0. The molecule has 0 aliphatic heterocycles. The average molecular weight is 161 g/mol. The second-order valence-electron chi connectivity index (χ2n) is 2.44. The third kappa shape index (κ3) is 1.76. The van der Waals surface area contributed by atoms with Crippen molar-refractivity contribution in [2.24, 2.45) is 0 Å². The first-order valence-electron chi connectivity index (χ1n) is 3.84. The van der Waals surface area contributed by atoms with E-state index < -0.39 is 0 Å². The van der Waals surface area contributed by atoms with Crippen LogP contribution in [0.4, 0.5) is 0 Å². The zero-order valence-corrected chi connectivity index (χ0v) is 7.29. The normalized spacial score (nSPS) is 9.08. The van der Waals surface area contributed by atoms with Gasteiger partial charge in [0.2, 0.25) is 5.88 Å². The summed E-state index contributed by atoms with van der Waals surface area (Å²) in [6.45, 7) is 4.44. The van der Waals surface area contributed by atoms with Gasteiger partial charge in [0.1, 0.15) is 0 Å². The molecule has 12 heavy (non-hydrogen) atoms. The van der Waals surface area contributed by atoms with Crippen LogP contribution >= 0.6 is 0 Å². The number of aromatic nitrogens is 1. The molecule has 0 aliphatic carbocycles. The summed E-state index contributed by atoms with van der Waals surface area (Å²) in [4.78, 5) is 4.07. The van der Waals surface area contributed by atoms with Crippen LogP contribution in [0.15, 0.2) is 12.3 Å². The highest BCUT2D eigenvalue weighted by molar-refractivity contribution is 5.41. The van der Waals surface area contributed by atoms with Crippen molar-refractivity contribution in [2.75, 3.05) is 6.61 Å². The Kier molecular flexibility index (Phi) is 2.71. The van der Waals surface area contributed by atoms with Crippen molar-refractivity contribution in [3.05, 3.63) is 23.4 Å². The number of nitrogens with zero attached hydrogens (tertiary/aromatic N) is 1. The zero-order chi connectivity index (χ0) is 8.97. The molecule has 2 heteroatoms. The van der Waals surface area contributed by atoms with Gasteiger partial charge in [0.15, 0.2) is 0 Å². The van der Waals surface area contributed by atoms with Gasteiger partial charge in [-0.3, -0.25) is 0 Å². The summed E-state index contributed by atoms with van der Waals surface area (Å²) in [5.74, 6) is 3.08. The highest BCUT2D eigenvalue weighted by Crippen LogP contribution is 2.14. The van der Waals surface area contributed by atoms with Crippen molar-refractivity contribution < 1.29 is 4.74 Å². The molecule has 0 spiro atoms. The second-order valence-corrected chi connectivity index (χ2v) is 2.44. The molecule has 0 amide bonds. The fourth-order valence-electron chi connectivity index (χ4n) is 0.912. The molecule has 62 valence electrons. The average Bonchev–Trinajstić information content (AvgIpc) is 2.08. The van der Waals surface area contributed by atoms with Gasteiger partial charge in [-0.05, 0) is 25.5 Å². The van der Waals surface area contributed by atoms with E-state index in [-0.39, 0.29) is 0 Å². The lowest BCUT2D eigenvalue weighted by atomic mass is 10.2. The van der Waals surface area contributed by atoms with Crippen molar-refractivity contribution in [1.82, 2.24) is 4.98 Å². The van der Waals surface area contributed by atoms with Gasteiger partial charge in [-0.15, -0.1) is 6.42 Å². The van der Waals surface area contributed by atoms with Crippen molar-refractivity contribution in [3.8, 4) is 18.2 Å². The summed E-state index contributed by atoms with van der Waals surface area (Å²) in [5, 5.41) is 0. The molecule has 0 saturated carbocycles. The summed E-state index contributed by atoms with van der Waals surface area (Å²) in [6, 6.07) is 1.89. The summed E-state index contributed by atoms with van der Waals surface area (Å²) in [5.41, 5.74) is 1.77. The molecule has 1 rings (SSSR count). The molecule has 1 aromatic rings.